The summed E-state index contributed by atoms with van der Waals surface area (Å²) in [7, 11) is 1.96. The highest BCUT2D eigenvalue weighted by Gasteiger charge is 2.01. The second kappa shape index (κ2) is 31.7. The summed E-state index contributed by atoms with van der Waals surface area (Å²) in [6.07, 6.45) is 10.2. The number of unbranched alkanes of at least 4 members (excludes halogenated alkanes) is 4. The van der Waals surface area contributed by atoms with Crippen molar-refractivity contribution < 1.29 is 33.1 Å². The van der Waals surface area contributed by atoms with Gasteiger partial charge in [-0.05, 0) is 71.5 Å². The minimum Gasteiger partial charge on any atom is -0.381 e. The molecule has 0 aliphatic heterocycles. The Hall–Kier alpha value is -1.36. The van der Waals surface area contributed by atoms with Crippen molar-refractivity contribution in [3.05, 3.63) is 24.4 Å². The molecule has 0 aliphatic rings. The predicted octanol–water partition coefficient (Wildman–Crippen LogP) is 5.20. The summed E-state index contributed by atoms with van der Waals surface area (Å²) >= 11 is 0. The number of nitrogens with zero attached hydrogens (tertiary/aromatic N) is 1. The fraction of sp³-hybridized carbons (Fsp3) is 0.815. The standard InChI is InChI=1S/C23H47FN2O5.C4H6O/c1-23(2)26(24)31-22-12-21-30-20-11-18-28-15-8-6-4-5-7-14-27-17-10-19-29-16-9-13-25-3;1-4(2)3-5/h25H,1,4-22H2,2-3H3;3H,1H2,2H3. The van der Waals surface area contributed by atoms with E-state index in [-0.39, 0.29) is 17.6 Å². The zero-order valence-corrected chi connectivity index (χ0v) is 23.2. The summed E-state index contributed by atoms with van der Waals surface area (Å²) < 4.78 is 35.2. The number of carbonyl (C=O) groups is 1. The number of aldehydes is 1. The number of halogens is 1. The van der Waals surface area contributed by atoms with Crippen LogP contribution in [0.2, 0.25) is 0 Å². The van der Waals surface area contributed by atoms with Gasteiger partial charge >= 0.3 is 0 Å². The number of rotatable bonds is 27. The van der Waals surface area contributed by atoms with E-state index in [0.29, 0.717) is 25.2 Å². The molecule has 0 heterocycles. The first-order valence-electron chi connectivity index (χ1n) is 13.3. The van der Waals surface area contributed by atoms with Crippen LogP contribution >= 0.6 is 0 Å². The second-order valence-electron chi connectivity index (χ2n) is 8.51. The minimum absolute atomic E-state index is 0.188. The van der Waals surface area contributed by atoms with Crippen LogP contribution in [0.25, 0.3) is 0 Å². The van der Waals surface area contributed by atoms with E-state index in [2.05, 4.69) is 18.5 Å². The summed E-state index contributed by atoms with van der Waals surface area (Å²) in [5.41, 5.74) is 0.806. The molecule has 8 nitrogen and oxygen atoms in total. The summed E-state index contributed by atoms with van der Waals surface area (Å²) in [5.74, 6) is 0. The average Bonchev–Trinajstić information content (AvgIpc) is 2.86. The van der Waals surface area contributed by atoms with Gasteiger partial charge in [0.2, 0.25) is 0 Å². The Morgan fingerprint density at radius 3 is 1.44 bits per heavy atom. The van der Waals surface area contributed by atoms with Crippen LogP contribution in [-0.4, -0.2) is 84.6 Å². The third-order valence-corrected chi connectivity index (χ3v) is 4.59. The van der Waals surface area contributed by atoms with E-state index in [1.54, 1.807) is 13.8 Å². The van der Waals surface area contributed by atoms with Crippen molar-refractivity contribution in [3.63, 3.8) is 0 Å². The van der Waals surface area contributed by atoms with Crippen LogP contribution in [0.4, 0.5) is 4.48 Å². The van der Waals surface area contributed by atoms with Gasteiger partial charge in [-0.25, -0.2) is 4.84 Å². The van der Waals surface area contributed by atoms with Gasteiger partial charge in [-0.1, -0.05) is 42.2 Å². The largest absolute Gasteiger partial charge is 0.381 e. The fourth-order valence-corrected chi connectivity index (χ4v) is 2.64. The van der Waals surface area contributed by atoms with E-state index in [1.165, 1.54) is 19.3 Å². The van der Waals surface area contributed by atoms with E-state index in [0.717, 1.165) is 84.6 Å². The van der Waals surface area contributed by atoms with Crippen molar-refractivity contribution in [2.45, 2.75) is 71.6 Å². The summed E-state index contributed by atoms with van der Waals surface area (Å²) in [6, 6.07) is 0. The molecule has 36 heavy (non-hydrogen) atoms. The Balaban J connectivity index is 0. The predicted molar refractivity (Wildman–Crippen MR) is 143 cm³/mol. The summed E-state index contributed by atoms with van der Waals surface area (Å²) in [5, 5.41) is 3.29. The maximum atomic E-state index is 12.9. The molecular weight excluding hydrogens is 467 g/mol. The van der Waals surface area contributed by atoms with Crippen molar-refractivity contribution >= 4 is 6.29 Å². The van der Waals surface area contributed by atoms with Gasteiger partial charge in [-0.15, -0.1) is 0 Å². The number of carbonyl (C=O) groups excluding carboxylic acids is 1. The molecule has 0 saturated carbocycles. The van der Waals surface area contributed by atoms with Crippen LogP contribution < -0.4 is 5.32 Å². The summed E-state index contributed by atoms with van der Waals surface area (Å²) in [4.78, 5) is 14.2. The lowest BCUT2D eigenvalue weighted by Crippen LogP contribution is -2.13. The van der Waals surface area contributed by atoms with Gasteiger partial charge in [0, 0.05) is 52.9 Å². The Bertz CT molecular complexity index is 497. The molecule has 0 radical (unpaired) electrons. The first-order valence-corrected chi connectivity index (χ1v) is 13.3. The van der Waals surface area contributed by atoms with Gasteiger partial charge in [0.25, 0.3) is 0 Å². The Kier molecular flexibility index (Phi) is 32.4. The first kappa shape index (κ1) is 36.8. The highest BCUT2D eigenvalue weighted by Crippen LogP contribution is 2.04. The number of hydrogen-bond acceptors (Lipinski definition) is 8. The molecule has 0 aromatic heterocycles. The summed E-state index contributed by atoms with van der Waals surface area (Å²) in [6.45, 7) is 17.2. The fourth-order valence-electron chi connectivity index (χ4n) is 2.64. The Labute approximate surface area is 219 Å². The van der Waals surface area contributed by atoms with Crippen LogP contribution in [0.15, 0.2) is 24.4 Å². The zero-order chi connectivity index (χ0) is 27.1. The van der Waals surface area contributed by atoms with Crippen molar-refractivity contribution in [2.24, 2.45) is 0 Å². The van der Waals surface area contributed by atoms with Crippen LogP contribution in [0.3, 0.4) is 0 Å². The van der Waals surface area contributed by atoms with Crippen LogP contribution in [0.1, 0.15) is 71.6 Å². The number of allylic oxidation sites excluding steroid dienone is 2. The quantitative estimate of drug-likeness (QED) is 0.0521. The molecule has 0 amide bonds. The zero-order valence-electron chi connectivity index (χ0n) is 23.2. The SMILES string of the molecule is C=C(C)C=O.C=C(C)N(F)OCCCOCCCOCCCCCCCOCCCOCCCNC. The molecule has 0 bridgehead atoms. The molecule has 214 valence electrons. The molecule has 1 N–H and O–H groups in total. The normalized spacial score (nSPS) is 10.6. The van der Waals surface area contributed by atoms with Crippen molar-refractivity contribution in [2.75, 3.05) is 73.1 Å². The Morgan fingerprint density at radius 1 is 0.694 bits per heavy atom. The van der Waals surface area contributed by atoms with Gasteiger partial charge in [0.1, 0.15) is 6.29 Å². The monoisotopic (exact) mass is 520 g/mol. The minimum atomic E-state index is 0.188. The molecule has 0 unspecified atom stereocenters. The lowest BCUT2D eigenvalue weighted by atomic mass is 10.1. The van der Waals surface area contributed by atoms with Crippen LogP contribution in [0, 0.1) is 0 Å². The molecule has 0 saturated heterocycles. The van der Waals surface area contributed by atoms with E-state index in [1.807, 2.05) is 7.05 Å². The highest BCUT2D eigenvalue weighted by atomic mass is 19.2. The first-order chi connectivity index (χ1) is 17.5. The lowest BCUT2D eigenvalue weighted by molar-refractivity contribution is -0.253. The maximum Gasteiger partial charge on any atom is 0.145 e. The van der Waals surface area contributed by atoms with Gasteiger partial charge in [0.05, 0.1) is 12.3 Å². The van der Waals surface area contributed by atoms with Gasteiger partial charge in [-0.3, -0.25) is 4.79 Å². The average molecular weight is 521 g/mol. The van der Waals surface area contributed by atoms with E-state index in [9.17, 15) is 9.28 Å². The molecule has 0 aromatic rings. The molecule has 0 rings (SSSR count). The molecule has 0 aliphatic carbocycles. The number of ether oxygens (including phenoxy) is 4. The van der Waals surface area contributed by atoms with E-state index >= 15 is 0 Å². The van der Waals surface area contributed by atoms with Crippen LogP contribution in [-0.2, 0) is 28.6 Å². The number of hydroxylamine groups is 1. The third-order valence-electron chi connectivity index (χ3n) is 4.59. The van der Waals surface area contributed by atoms with Crippen LogP contribution in [0.5, 0.6) is 0 Å². The van der Waals surface area contributed by atoms with Gasteiger partial charge < -0.3 is 24.3 Å². The van der Waals surface area contributed by atoms with E-state index in [4.69, 9.17) is 23.8 Å². The topological polar surface area (TPSA) is 78.5 Å². The molecule has 9 heteroatoms. The molecule has 0 atom stereocenters. The smallest absolute Gasteiger partial charge is 0.145 e. The number of nitrogens with one attached hydrogen (secondary N) is 1. The van der Waals surface area contributed by atoms with Crippen molar-refractivity contribution in [1.29, 1.82) is 0 Å². The van der Waals surface area contributed by atoms with Crippen molar-refractivity contribution in [3.8, 4) is 0 Å². The molecule has 0 aromatic carbocycles. The molecule has 0 fully saturated rings. The Morgan fingerprint density at radius 2 is 1.06 bits per heavy atom. The van der Waals surface area contributed by atoms with E-state index < -0.39 is 0 Å². The maximum absolute atomic E-state index is 12.9. The lowest BCUT2D eigenvalue weighted by Gasteiger charge is -2.12. The second-order valence-corrected chi connectivity index (χ2v) is 8.51. The highest BCUT2D eigenvalue weighted by molar-refractivity contribution is 5.70. The number of hydrogen-bond donors (Lipinski definition) is 1. The molecule has 0 spiro atoms. The van der Waals surface area contributed by atoms with Crippen molar-refractivity contribution in [1.82, 2.24) is 10.6 Å². The third kappa shape index (κ3) is 34.8. The van der Waals surface area contributed by atoms with Gasteiger partial charge in [-0.2, -0.15) is 0 Å². The molecular formula is C27H53FN2O6. The van der Waals surface area contributed by atoms with Gasteiger partial charge in [0.15, 0.2) is 0 Å².